The highest BCUT2D eigenvalue weighted by atomic mass is 16.8. The number of methoxy groups -OCH3 is 2. The van der Waals surface area contributed by atoms with Gasteiger partial charge in [0.2, 0.25) is 0 Å². The fraction of sp³-hybridized carbons (Fsp3) is 1.00. The molecule has 0 unspecified atom stereocenters. The van der Waals surface area contributed by atoms with E-state index in [1.54, 1.807) is 14.2 Å². The van der Waals surface area contributed by atoms with Crippen molar-refractivity contribution in [2.45, 2.75) is 38.4 Å². The van der Waals surface area contributed by atoms with Gasteiger partial charge in [-0.2, -0.15) is 0 Å². The molecule has 5 atom stereocenters. The Morgan fingerprint density at radius 3 is 2.07 bits per heavy atom. The Bertz CT molecular complexity index is 178. The first-order valence-electron chi connectivity index (χ1n) is 4.72. The van der Waals surface area contributed by atoms with Crippen LogP contribution >= 0.6 is 0 Å². The molecule has 0 aliphatic carbocycles. The van der Waals surface area contributed by atoms with E-state index in [2.05, 4.69) is 0 Å². The fourth-order valence-corrected chi connectivity index (χ4v) is 1.96. The molecule has 1 heterocycles. The van der Waals surface area contributed by atoms with E-state index in [9.17, 15) is 0 Å². The van der Waals surface area contributed by atoms with Gasteiger partial charge in [-0.25, -0.2) is 5.90 Å². The summed E-state index contributed by atoms with van der Waals surface area (Å²) in [6.45, 7) is 3.88. The van der Waals surface area contributed by atoms with Crippen molar-refractivity contribution >= 4 is 0 Å². The van der Waals surface area contributed by atoms with Crippen LogP contribution in [0.5, 0.6) is 0 Å². The summed E-state index contributed by atoms with van der Waals surface area (Å²) in [6.07, 6.45) is -0.658. The molecule has 5 heteroatoms. The molecule has 1 saturated heterocycles. The molecule has 84 valence electrons. The van der Waals surface area contributed by atoms with E-state index >= 15 is 0 Å². The van der Waals surface area contributed by atoms with Gasteiger partial charge in [-0.15, -0.1) is 0 Å². The van der Waals surface area contributed by atoms with Crippen molar-refractivity contribution in [3.8, 4) is 0 Å². The maximum atomic E-state index is 5.53. The van der Waals surface area contributed by atoms with Crippen LogP contribution in [0.2, 0.25) is 0 Å². The second kappa shape index (κ2) is 5.04. The minimum Gasteiger partial charge on any atom is -0.378 e. The standard InChI is InChI=1S/C9H19NO4/c1-5-7(11-3)8(12-4)6(2)13-9(5)14-10/h5-9H,10H2,1-4H3/t5-,6+,7+,8+,9+/m1/s1. The molecule has 1 aliphatic heterocycles. The zero-order chi connectivity index (χ0) is 10.7. The van der Waals surface area contributed by atoms with Crippen molar-refractivity contribution in [2.75, 3.05) is 14.2 Å². The van der Waals surface area contributed by atoms with Gasteiger partial charge in [0.25, 0.3) is 0 Å². The SMILES string of the molecule is CO[C@@H]1[C@@H](OC)[C@@H](C)[C@H](ON)O[C@H]1C. The molecule has 0 bridgehead atoms. The van der Waals surface area contributed by atoms with Crippen LogP contribution in [0.25, 0.3) is 0 Å². The Morgan fingerprint density at radius 2 is 1.64 bits per heavy atom. The average molecular weight is 205 g/mol. The molecule has 0 aromatic rings. The first kappa shape index (κ1) is 11.9. The maximum absolute atomic E-state index is 5.53. The topological polar surface area (TPSA) is 62.9 Å². The second-order valence-electron chi connectivity index (χ2n) is 3.61. The van der Waals surface area contributed by atoms with Crippen LogP contribution < -0.4 is 5.90 Å². The van der Waals surface area contributed by atoms with E-state index in [-0.39, 0.29) is 24.2 Å². The van der Waals surface area contributed by atoms with E-state index in [0.29, 0.717) is 0 Å². The van der Waals surface area contributed by atoms with Gasteiger partial charge in [0, 0.05) is 20.1 Å². The molecule has 0 saturated carbocycles. The lowest BCUT2D eigenvalue weighted by atomic mass is 9.92. The van der Waals surface area contributed by atoms with Gasteiger partial charge in [0.15, 0.2) is 6.29 Å². The summed E-state index contributed by atoms with van der Waals surface area (Å²) in [6, 6.07) is 0. The first-order valence-corrected chi connectivity index (χ1v) is 4.72. The van der Waals surface area contributed by atoms with Crippen molar-refractivity contribution in [2.24, 2.45) is 11.8 Å². The Hall–Kier alpha value is -0.200. The maximum Gasteiger partial charge on any atom is 0.182 e. The van der Waals surface area contributed by atoms with Crippen LogP contribution in [0, 0.1) is 5.92 Å². The third-order valence-electron chi connectivity index (χ3n) is 2.76. The highest BCUT2D eigenvalue weighted by molar-refractivity contribution is 4.87. The Morgan fingerprint density at radius 1 is 1.07 bits per heavy atom. The van der Waals surface area contributed by atoms with Gasteiger partial charge in [0.05, 0.1) is 12.2 Å². The Kier molecular flexibility index (Phi) is 4.28. The summed E-state index contributed by atoms with van der Waals surface area (Å²) in [5, 5.41) is 0. The fourth-order valence-electron chi connectivity index (χ4n) is 1.96. The molecule has 2 N–H and O–H groups in total. The van der Waals surface area contributed by atoms with E-state index in [1.807, 2.05) is 13.8 Å². The average Bonchev–Trinajstić information content (AvgIpc) is 2.20. The van der Waals surface area contributed by atoms with E-state index in [4.69, 9.17) is 24.9 Å². The van der Waals surface area contributed by atoms with Gasteiger partial charge >= 0.3 is 0 Å². The Balaban J connectivity index is 2.73. The number of ether oxygens (including phenoxy) is 3. The lowest BCUT2D eigenvalue weighted by Crippen LogP contribution is -2.55. The number of hydrogen-bond donors (Lipinski definition) is 1. The predicted molar refractivity (Wildman–Crippen MR) is 50.4 cm³/mol. The molecule has 0 aromatic carbocycles. The van der Waals surface area contributed by atoms with Crippen LogP contribution in [0.4, 0.5) is 0 Å². The molecule has 0 amide bonds. The number of rotatable bonds is 3. The summed E-state index contributed by atoms with van der Waals surface area (Å²) in [7, 11) is 3.30. The van der Waals surface area contributed by atoms with Gasteiger partial charge in [-0.1, -0.05) is 6.92 Å². The summed E-state index contributed by atoms with van der Waals surface area (Å²) in [5.41, 5.74) is 0. The monoisotopic (exact) mass is 205 g/mol. The van der Waals surface area contributed by atoms with Crippen LogP contribution in [0.15, 0.2) is 0 Å². The molecule has 0 radical (unpaired) electrons. The molecule has 1 fully saturated rings. The van der Waals surface area contributed by atoms with Gasteiger partial charge < -0.3 is 14.2 Å². The lowest BCUT2D eigenvalue weighted by molar-refractivity contribution is -0.282. The molecular weight excluding hydrogens is 186 g/mol. The molecule has 1 rings (SSSR count). The molecule has 14 heavy (non-hydrogen) atoms. The summed E-state index contributed by atoms with van der Waals surface area (Å²) >= 11 is 0. The normalized spacial score (nSPS) is 43.9. The van der Waals surface area contributed by atoms with E-state index in [1.165, 1.54) is 0 Å². The van der Waals surface area contributed by atoms with E-state index < -0.39 is 6.29 Å². The van der Waals surface area contributed by atoms with Crippen LogP contribution in [-0.4, -0.2) is 38.8 Å². The number of nitrogens with two attached hydrogens (primary N) is 1. The van der Waals surface area contributed by atoms with E-state index in [0.717, 1.165) is 0 Å². The van der Waals surface area contributed by atoms with Crippen molar-refractivity contribution in [1.82, 2.24) is 0 Å². The summed E-state index contributed by atoms with van der Waals surface area (Å²) in [4.78, 5) is 4.74. The van der Waals surface area contributed by atoms with Crippen molar-refractivity contribution in [3.63, 3.8) is 0 Å². The van der Waals surface area contributed by atoms with Gasteiger partial charge in [-0.05, 0) is 6.92 Å². The van der Waals surface area contributed by atoms with Crippen molar-refractivity contribution in [1.29, 1.82) is 0 Å². The largest absolute Gasteiger partial charge is 0.378 e. The lowest BCUT2D eigenvalue weighted by Gasteiger charge is -2.42. The smallest absolute Gasteiger partial charge is 0.182 e. The van der Waals surface area contributed by atoms with Gasteiger partial charge in [-0.3, -0.25) is 4.84 Å². The van der Waals surface area contributed by atoms with Crippen molar-refractivity contribution < 1.29 is 19.0 Å². The van der Waals surface area contributed by atoms with Crippen LogP contribution in [0.1, 0.15) is 13.8 Å². The zero-order valence-corrected chi connectivity index (χ0v) is 9.10. The molecule has 0 aromatic heterocycles. The quantitative estimate of drug-likeness (QED) is 0.671. The molecule has 1 aliphatic rings. The third kappa shape index (κ3) is 2.07. The highest BCUT2D eigenvalue weighted by Crippen LogP contribution is 2.29. The summed E-state index contributed by atoms with van der Waals surface area (Å²) in [5.74, 6) is 5.19. The molecular formula is C9H19NO4. The van der Waals surface area contributed by atoms with Crippen LogP contribution in [0.3, 0.4) is 0 Å². The third-order valence-corrected chi connectivity index (χ3v) is 2.76. The van der Waals surface area contributed by atoms with Gasteiger partial charge in [0.1, 0.15) is 6.10 Å². The predicted octanol–water partition coefficient (Wildman–Crippen LogP) is 0.288. The van der Waals surface area contributed by atoms with Crippen molar-refractivity contribution in [3.05, 3.63) is 0 Å². The first-order chi connectivity index (χ1) is 6.65. The molecule has 5 nitrogen and oxygen atoms in total. The number of hydrogen-bond acceptors (Lipinski definition) is 5. The summed E-state index contributed by atoms with van der Waals surface area (Å²) < 4.78 is 16.2. The minimum absolute atomic E-state index is 0.0474. The highest BCUT2D eigenvalue weighted by Gasteiger charge is 2.42. The second-order valence-corrected chi connectivity index (χ2v) is 3.61. The zero-order valence-electron chi connectivity index (χ0n) is 9.10. The molecule has 0 spiro atoms. The van der Waals surface area contributed by atoms with Crippen LogP contribution in [-0.2, 0) is 19.0 Å². The Labute approximate surface area is 84.4 Å². The minimum atomic E-state index is -0.429.